The van der Waals surface area contributed by atoms with Crippen molar-refractivity contribution in [2.45, 2.75) is 57.8 Å². The molecule has 23 heavy (non-hydrogen) atoms. The van der Waals surface area contributed by atoms with Crippen LogP contribution < -0.4 is 0 Å². The molecule has 0 N–H and O–H groups in total. The molecular weight excluding hydrogens is 288 g/mol. The van der Waals surface area contributed by atoms with Crippen molar-refractivity contribution in [3.63, 3.8) is 0 Å². The Balaban J connectivity index is 1.57. The summed E-state index contributed by atoms with van der Waals surface area (Å²) in [6.45, 7) is 7.59. The maximum Gasteiger partial charge on any atom is 0.410 e. The minimum atomic E-state index is -0.414. The molecule has 1 saturated carbocycles. The number of benzene rings is 1. The first-order valence-electron chi connectivity index (χ1n) is 8.57. The summed E-state index contributed by atoms with van der Waals surface area (Å²) in [5.41, 5.74) is 0.935. The topological polar surface area (TPSA) is 32.8 Å². The second kappa shape index (κ2) is 6.16. The lowest BCUT2D eigenvalue weighted by molar-refractivity contribution is 0.0132. The van der Waals surface area contributed by atoms with Gasteiger partial charge in [-0.3, -0.25) is 4.90 Å². The minimum Gasteiger partial charge on any atom is -0.444 e. The van der Waals surface area contributed by atoms with Gasteiger partial charge >= 0.3 is 6.09 Å². The number of carbonyl (C=O) groups is 1. The zero-order chi connectivity index (χ0) is 16.6. The van der Waals surface area contributed by atoms with Crippen molar-refractivity contribution in [1.82, 2.24) is 9.80 Å². The number of nitrogens with zero attached hydrogens (tertiary/aromatic N) is 2. The van der Waals surface area contributed by atoms with Gasteiger partial charge in [-0.25, -0.2) is 4.79 Å². The fourth-order valence-corrected chi connectivity index (χ4v) is 4.00. The number of rotatable bonds is 3. The zero-order valence-electron chi connectivity index (χ0n) is 14.7. The van der Waals surface area contributed by atoms with E-state index in [0.29, 0.717) is 18.0 Å². The van der Waals surface area contributed by atoms with E-state index in [2.05, 4.69) is 42.3 Å². The summed E-state index contributed by atoms with van der Waals surface area (Å²) in [5.74, 6) is 0.571. The van der Waals surface area contributed by atoms with Crippen molar-refractivity contribution in [2.75, 3.05) is 13.6 Å². The van der Waals surface area contributed by atoms with Crippen molar-refractivity contribution in [3.8, 4) is 0 Å². The van der Waals surface area contributed by atoms with E-state index in [1.807, 2.05) is 25.7 Å². The van der Waals surface area contributed by atoms with Gasteiger partial charge in [0.25, 0.3) is 0 Å². The van der Waals surface area contributed by atoms with E-state index in [9.17, 15) is 4.79 Å². The summed E-state index contributed by atoms with van der Waals surface area (Å²) in [5, 5.41) is 0. The van der Waals surface area contributed by atoms with Gasteiger partial charge in [0.1, 0.15) is 5.60 Å². The SMILES string of the molecule is CN(Cc1ccccc1)C1CC2CC1CN2C(=O)OC(C)(C)C. The number of ether oxygens (including phenoxy) is 1. The Hall–Kier alpha value is -1.55. The summed E-state index contributed by atoms with van der Waals surface area (Å²) in [4.78, 5) is 16.7. The Morgan fingerprint density at radius 1 is 1.26 bits per heavy atom. The highest BCUT2D eigenvalue weighted by atomic mass is 16.6. The van der Waals surface area contributed by atoms with Crippen LogP contribution in [-0.4, -0.2) is 47.2 Å². The van der Waals surface area contributed by atoms with Crippen molar-refractivity contribution >= 4 is 6.09 Å². The molecule has 3 unspecified atom stereocenters. The molecule has 0 radical (unpaired) electrons. The van der Waals surface area contributed by atoms with Gasteiger partial charge in [-0.15, -0.1) is 0 Å². The molecule has 1 saturated heterocycles. The molecule has 3 atom stereocenters. The van der Waals surface area contributed by atoms with Crippen LogP contribution in [0.5, 0.6) is 0 Å². The Bertz CT molecular complexity index is 552. The van der Waals surface area contributed by atoms with E-state index in [-0.39, 0.29) is 6.09 Å². The number of carbonyl (C=O) groups excluding carboxylic acids is 1. The van der Waals surface area contributed by atoms with E-state index in [0.717, 1.165) is 25.9 Å². The summed E-state index contributed by atoms with van der Waals surface area (Å²) in [6.07, 6.45) is 2.03. The van der Waals surface area contributed by atoms with Crippen LogP contribution in [0.1, 0.15) is 39.2 Å². The molecule has 4 nitrogen and oxygen atoms in total. The largest absolute Gasteiger partial charge is 0.444 e. The lowest BCUT2D eigenvalue weighted by Gasteiger charge is -2.37. The van der Waals surface area contributed by atoms with Gasteiger partial charge in [-0.1, -0.05) is 30.3 Å². The molecule has 1 aliphatic carbocycles. The third-order valence-corrected chi connectivity index (χ3v) is 4.97. The van der Waals surface area contributed by atoms with Crippen LogP contribution >= 0.6 is 0 Å². The molecule has 4 heteroatoms. The van der Waals surface area contributed by atoms with Crippen LogP contribution in [0.25, 0.3) is 0 Å². The Morgan fingerprint density at radius 3 is 2.52 bits per heavy atom. The highest BCUT2D eigenvalue weighted by molar-refractivity contribution is 5.69. The zero-order valence-corrected chi connectivity index (χ0v) is 14.7. The van der Waals surface area contributed by atoms with E-state index in [1.165, 1.54) is 5.56 Å². The van der Waals surface area contributed by atoms with E-state index >= 15 is 0 Å². The third-order valence-electron chi connectivity index (χ3n) is 4.97. The summed E-state index contributed by atoms with van der Waals surface area (Å²) < 4.78 is 5.54. The van der Waals surface area contributed by atoms with E-state index < -0.39 is 5.60 Å². The summed E-state index contributed by atoms with van der Waals surface area (Å²) in [7, 11) is 2.20. The predicted molar refractivity (Wildman–Crippen MR) is 91.1 cm³/mol. The van der Waals surface area contributed by atoms with E-state index in [4.69, 9.17) is 4.74 Å². The van der Waals surface area contributed by atoms with Gasteiger partial charge in [-0.2, -0.15) is 0 Å². The Kier molecular flexibility index (Phi) is 4.37. The monoisotopic (exact) mass is 316 g/mol. The molecule has 0 aromatic heterocycles. The van der Waals surface area contributed by atoms with Gasteiger partial charge in [0.05, 0.1) is 0 Å². The third kappa shape index (κ3) is 3.69. The molecular formula is C19H28N2O2. The number of likely N-dealkylation sites (tertiary alicyclic amines) is 1. The van der Waals surface area contributed by atoms with Crippen molar-refractivity contribution in [1.29, 1.82) is 0 Å². The van der Waals surface area contributed by atoms with Gasteiger partial charge in [0, 0.05) is 25.2 Å². The van der Waals surface area contributed by atoms with Crippen LogP contribution in [0.2, 0.25) is 0 Å². The highest BCUT2D eigenvalue weighted by Crippen LogP contribution is 2.41. The number of hydrogen-bond donors (Lipinski definition) is 0. The second-order valence-corrected chi connectivity index (χ2v) is 7.99. The fourth-order valence-electron chi connectivity index (χ4n) is 4.00. The fraction of sp³-hybridized carbons (Fsp3) is 0.632. The van der Waals surface area contributed by atoms with Crippen LogP contribution in [0, 0.1) is 5.92 Å². The highest BCUT2D eigenvalue weighted by Gasteiger charge is 2.48. The number of amides is 1. The van der Waals surface area contributed by atoms with Gasteiger partial charge < -0.3 is 9.64 Å². The molecule has 1 aromatic carbocycles. The van der Waals surface area contributed by atoms with Gasteiger partial charge in [0.2, 0.25) is 0 Å². The number of hydrogen-bond acceptors (Lipinski definition) is 3. The standard InChI is InChI=1S/C19H28N2O2/c1-19(2,3)23-18(22)21-13-15-10-16(21)11-17(15)20(4)12-14-8-6-5-7-9-14/h5-9,15-17H,10-13H2,1-4H3. The minimum absolute atomic E-state index is 0.144. The lowest BCUT2D eigenvalue weighted by Crippen LogP contribution is -2.47. The summed E-state index contributed by atoms with van der Waals surface area (Å²) >= 11 is 0. The van der Waals surface area contributed by atoms with Crippen molar-refractivity contribution in [2.24, 2.45) is 5.92 Å². The molecule has 1 amide bonds. The van der Waals surface area contributed by atoms with E-state index in [1.54, 1.807) is 0 Å². The summed E-state index contributed by atoms with van der Waals surface area (Å²) in [6, 6.07) is 11.5. The van der Waals surface area contributed by atoms with Crippen LogP contribution in [0.3, 0.4) is 0 Å². The maximum absolute atomic E-state index is 12.3. The molecule has 1 aromatic rings. The normalized spacial score (nSPS) is 26.8. The average molecular weight is 316 g/mol. The Labute approximate surface area is 139 Å². The molecule has 0 spiro atoms. The first kappa shape index (κ1) is 16.3. The molecule has 1 heterocycles. The first-order chi connectivity index (χ1) is 10.8. The smallest absolute Gasteiger partial charge is 0.410 e. The predicted octanol–water partition coefficient (Wildman–Crippen LogP) is 3.52. The second-order valence-electron chi connectivity index (χ2n) is 7.99. The molecule has 2 fully saturated rings. The lowest BCUT2D eigenvalue weighted by atomic mass is 10.0. The quantitative estimate of drug-likeness (QED) is 0.855. The number of fused-ring (bicyclic) bond motifs is 2. The molecule has 3 rings (SSSR count). The molecule has 1 aliphatic heterocycles. The van der Waals surface area contributed by atoms with Crippen molar-refractivity contribution in [3.05, 3.63) is 35.9 Å². The Morgan fingerprint density at radius 2 is 1.96 bits per heavy atom. The van der Waals surface area contributed by atoms with Gasteiger partial charge in [0.15, 0.2) is 0 Å². The number of piperidine rings is 1. The molecule has 2 aliphatic rings. The van der Waals surface area contributed by atoms with Gasteiger partial charge in [-0.05, 0) is 52.1 Å². The average Bonchev–Trinajstić information content (AvgIpc) is 3.06. The van der Waals surface area contributed by atoms with Crippen LogP contribution in [0.4, 0.5) is 4.79 Å². The van der Waals surface area contributed by atoms with Crippen molar-refractivity contribution < 1.29 is 9.53 Å². The maximum atomic E-state index is 12.3. The molecule has 2 bridgehead atoms. The van der Waals surface area contributed by atoms with Crippen LogP contribution in [-0.2, 0) is 11.3 Å². The van der Waals surface area contributed by atoms with Crippen LogP contribution in [0.15, 0.2) is 30.3 Å². The first-order valence-corrected chi connectivity index (χ1v) is 8.57. The molecule has 126 valence electrons.